The van der Waals surface area contributed by atoms with E-state index in [0.717, 1.165) is 36.6 Å². The molecular formula is C13H21N3O. The third-order valence-corrected chi connectivity index (χ3v) is 3.51. The number of aryl methyl sites for hydroxylation is 1. The number of pyridine rings is 1. The first-order valence-electron chi connectivity index (χ1n) is 6.13. The third-order valence-electron chi connectivity index (χ3n) is 3.51. The van der Waals surface area contributed by atoms with E-state index in [1.54, 1.807) is 13.3 Å². The quantitative estimate of drug-likeness (QED) is 0.864. The van der Waals surface area contributed by atoms with Gasteiger partial charge in [0, 0.05) is 24.8 Å². The third kappa shape index (κ3) is 2.52. The topological polar surface area (TPSA) is 51.4 Å². The van der Waals surface area contributed by atoms with E-state index in [9.17, 15) is 0 Å². The molecule has 0 saturated carbocycles. The highest BCUT2D eigenvalue weighted by Gasteiger charge is 2.27. The van der Waals surface area contributed by atoms with E-state index in [0.29, 0.717) is 5.92 Å². The second-order valence-corrected chi connectivity index (χ2v) is 4.85. The molecule has 0 bridgehead atoms. The number of anilines is 1. The number of hydrogen-bond donors (Lipinski definition) is 1. The molecule has 4 heteroatoms. The zero-order chi connectivity index (χ0) is 12.4. The van der Waals surface area contributed by atoms with Gasteiger partial charge in [0.05, 0.1) is 19.0 Å². The number of nitrogens with two attached hydrogens (primary N) is 1. The van der Waals surface area contributed by atoms with Crippen LogP contribution in [-0.4, -0.2) is 31.2 Å². The molecule has 0 aliphatic carbocycles. The van der Waals surface area contributed by atoms with Gasteiger partial charge in [-0.2, -0.15) is 0 Å². The van der Waals surface area contributed by atoms with Gasteiger partial charge in [0.2, 0.25) is 0 Å². The highest BCUT2D eigenvalue weighted by Crippen LogP contribution is 2.32. The van der Waals surface area contributed by atoms with Gasteiger partial charge in [-0.1, -0.05) is 0 Å². The Morgan fingerprint density at radius 2 is 2.35 bits per heavy atom. The Morgan fingerprint density at radius 1 is 1.59 bits per heavy atom. The molecule has 0 spiro atoms. The molecule has 94 valence electrons. The van der Waals surface area contributed by atoms with E-state index < -0.39 is 0 Å². The van der Waals surface area contributed by atoms with Crippen LogP contribution in [0.15, 0.2) is 12.3 Å². The number of methoxy groups -OCH3 is 1. The van der Waals surface area contributed by atoms with Crippen LogP contribution in [0.4, 0.5) is 5.69 Å². The summed E-state index contributed by atoms with van der Waals surface area (Å²) in [5.41, 5.74) is 8.13. The van der Waals surface area contributed by atoms with Crippen LogP contribution in [0.25, 0.3) is 0 Å². The summed E-state index contributed by atoms with van der Waals surface area (Å²) in [6.07, 6.45) is 2.95. The molecule has 2 atom stereocenters. The van der Waals surface area contributed by atoms with E-state index in [4.69, 9.17) is 10.5 Å². The number of rotatable bonds is 3. The molecule has 1 fully saturated rings. The first kappa shape index (κ1) is 12.2. The standard InChI is InChI=1S/C13H21N3O/c1-9-6-12(13(17-3)7-15-9)16-5-4-11(8-16)10(2)14/h6-7,10-11H,4-5,8,14H2,1-3H3. The normalized spacial score (nSPS) is 21.6. The number of hydrogen-bond acceptors (Lipinski definition) is 4. The molecule has 1 aliphatic heterocycles. The van der Waals surface area contributed by atoms with E-state index in [2.05, 4.69) is 22.9 Å². The van der Waals surface area contributed by atoms with Gasteiger partial charge >= 0.3 is 0 Å². The van der Waals surface area contributed by atoms with Crippen molar-refractivity contribution in [3.05, 3.63) is 18.0 Å². The van der Waals surface area contributed by atoms with E-state index in [-0.39, 0.29) is 6.04 Å². The van der Waals surface area contributed by atoms with Gasteiger partial charge in [-0.25, -0.2) is 0 Å². The lowest BCUT2D eigenvalue weighted by atomic mass is 10.0. The minimum absolute atomic E-state index is 0.258. The molecule has 0 amide bonds. The zero-order valence-electron chi connectivity index (χ0n) is 10.8. The summed E-state index contributed by atoms with van der Waals surface area (Å²) in [5.74, 6) is 1.43. The van der Waals surface area contributed by atoms with Crippen molar-refractivity contribution in [2.75, 3.05) is 25.1 Å². The first-order chi connectivity index (χ1) is 8.11. The molecule has 2 heterocycles. The minimum atomic E-state index is 0.258. The molecule has 2 N–H and O–H groups in total. The Balaban J connectivity index is 2.20. The van der Waals surface area contributed by atoms with Crippen LogP contribution in [0.1, 0.15) is 19.0 Å². The van der Waals surface area contributed by atoms with Crippen molar-refractivity contribution in [2.24, 2.45) is 11.7 Å². The average molecular weight is 235 g/mol. The Hall–Kier alpha value is -1.29. The second-order valence-electron chi connectivity index (χ2n) is 4.85. The Kier molecular flexibility index (Phi) is 3.52. The van der Waals surface area contributed by atoms with Gasteiger partial charge in [0.25, 0.3) is 0 Å². The maximum absolute atomic E-state index is 5.97. The van der Waals surface area contributed by atoms with E-state index >= 15 is 0 Å². The first-order valence-corrected chi connectivity index (χ1v) is 6.13. The molecule has 0 aromatic carbocycles. The van der Waals surface area contributed by atoms with Crippen LogP contribution >= 0.6 is 0 Å². The molecule has 0 radical (unpaired) electrons. The number of nitrogens with zero attached hydrogens (tertiary/aromatic N) is 2. The highest BCUT2D eigenvalue weighted by molar-refractivity contribution is 5.58. The molecule has 2 rings (SSSR count). The van der Waals surface area contributed by atoms with E-state index in [1.807, 2.05) is 6.92 Å². The summed E-state index contributed by atoms with van der Waals surface area (Å²) in [7, 11) is 1.69. The van der Waals surface area contributed by atoms with Crippen LogP contribution in [0.3, 0.4) is 0 Å². The van der Waals surface area contributed by atoms with Crippen molar-refractivity contribution >= 4 is 5.69 Å². The van der Waals surface area contributed by atoms with Crippen molar-refractivity contribution in [1.29, 1.82) is 0 Å². The summed E-state index contributed by atoms with van der Waals surface area (Å²) in [6, 6.07) is 2.34. The lowest BCUT2D eigenvalue weighted by molar-refractivity contribution is 0.412. The summed E-state index contributed by atoms with van der Waals surface area (Å²) >= 11 is 0. The van der Waals surface area contributed by atoms with Crippen LogP contribution in [-0.2, 0) is 0 Å². The summed E-state index contributed by atoms with van der Waals surface area (Å²) < 4.78 is 5.37. The van der Waals surface area contributed by atoms with Crippen LogP contribution in [0, 0.1) is 12.8 Å². The molecule has 1 aromatic rings. The fourth-order valence-corrected chi connectivity index (χ4v) is 2.37. The van der Waals surface area contributed by atoms with Gasteiger partial charge in [0.1, 0.15) is 0 Å². The SMILES string of the molecule is COc1cnc(C)cc1N1CCC(C(C)N)C1. The zero-order valence-corrected chi connectivity index (χ0v) is 10.8. The Labute approximate surface area is 103 Å². The van der Waals surface area contributed by atoms with Gasteiger partial charge in [-0.05, 0) is 32.3 Å². The van der Waals surface area contributed by atoms with Crippen molar-refractivity contribution < 1.29 is 4.74 Å². The summed E-state index contributed by atoms with van der Waals surface area (Å²) in [6.45, 7) is 6.15. The van der Waals surface area contributed by atoms with Crippen molar-refractivity contribution in [1.82, 2.24) is 4.98 Å². The molecule has 2 unspecified atom stereocenters. The molecule has 1 aromatic heterocycles. The maximum Gasteiger partial charge on any atom is 0.160 e. The van der Waals surface area contributed by atoms with Crippen LogP contribution in [0.2, 0.25) is 0 Å². The van der Waals surface area contributed by atoms with Crippen molar-refractivity contribution in [2.45, 2.75) is 26.3 Å². The lowest BCUT2D eigenvalue weighted by Crippen LogP contribution is -2.29. The predicted molar refractivity (Wildman–Crippen MR) is 69.5 cm³/mol. The van der Waals surface area contributed by atoms with Gasteiger partial charge in [-0.15, -0.1) is 0 Å². The average Bonchev–Trinajstić information content (AvgIpc) is 2.78. The second kappa shape index (κ2) is 4.92. The van der Waals surface area contributed by atoms with Gasteiger partial charge in [-0.3, -0.25) is 4.98 Å². The monoisotopic (exact) mass is 235 g/mol. The fourth-order valence-electron chi connectivity index (χ4n) is 2.37. The van der Waals surface area contributed by atoms with Crippen molar-refractivity contribution in [3.8, 4) is 5.75 Å². The Morgan fingerprint density at radius 3 is 2.94 bits per heavy atom. The minimum Gasteiger partial charge on any atom is -0.493 e. The molecule has 1 aliphatic rings. The van der Waals surface area contributed by atoms with Crippen LogP contribution < -0.4 is 15.4 Å². The van der Waals surface area contributed by atoms with Crippen LogP contribution in [0.5, 0.6) is 5.75 Å². The van der Waals surface area contributed by atoms with Crippen molar-refractivity contribution in [3.63, 3.8) is 0 Å². The number of ether oxygens (including phenoxy) is 1. The molecule has 1 saturated heterocycles. The predicted octanol–water partition coefficient (Wildman–Crippen LogP) is 1.57. The van der Waals surface area contributed by atoms with Gasteiger partial charge in [0.15, 0.2) is 5.75 Å². The smallest absolute Gasteiger partial charge is 0.160 e. The maximum atomic E-state index is 5.97. The lowest BCUT2D eigenvalue weighted by Gasteiger charge is -2.22. The number of aromatic nitrogens is 1. The molecular weight excluding hydrogens is 214 g/mol. The fraction of sp³-hybridized carbons (Fsp3) is 0.615. The van der Waals surface area contributed by atoms with E-state index in [1.165, 1.54) is 0 Å². The largest absolute Gasteiger partial charge is 0.493 e. The Bertz CT molecular complexity index is 392. The molecule has 17 heavy (non-hydrogen) atoms. The van der Waals surface area contributed by atoms with Gasteiger partial charge < -0.3 is 15.4 Å². The highest BCUT2D eigenvalue weighted by atomic mass is 16.5. The summed E-state index contributed by atoms with van der Waals surface area (Å²) in [4.78, 5) is 6.61. The molecule has 4 nitrogen and oxygen atoms in total. The summed E-state index contributed by atoms with van der Waals surface area (Å²) in [5, 5.41) is 0.